The number of carbonyl (C=O) groups is 2. The predicted molar refractivity (Wildman–Crippen MR) is 37.2 cm³/mol. The predicted octanol–water partition coefficient (Wildman–Crippen LogP) is -1.68. The summed E-state index contributed by atoms with van der Waals surface area (Å²) in [7, 11) is -4.67. The molecule has 0 bridgehead atoms. The zero-order valence-corrected chi connectivity index (χ0v) is 7.05. The van der Waals surface area contributed by atoms with E-state index in [2.05, 4.69) is 0 Å². The Hall–Kier alpha value is -0.990. The maximum Gasteiger partial charge on any atom is 0.244 e. The SMILES string of the molecule is O=C1CC(S(=O)(=O)[O-])C(=O)N1.[NH4+]. The van der Waals surface area contributed by atoms with Gasteiger partial charge in [0.15, 0.2) is 0 Å². The fourth-order valence-electron chi connectivity index (χ4n) is 0.763. The molecule has 1 atom stereocenters. The number of carbonyl (C=O) groups excluding carboxylic acids is 2. The lowest BCUT2D eigenvalue weighted by atomic mass is 10.4. The van der Waals surface area contributed by atoms with Crippen LogP contribution in [-0.4, -0.2) is 30.0 Å². The van der Waals surface area contributed by atoms with Crippen molar-refractivity contribution in [2.75, 3.05) is 0 Å². The first-order chi connectivity index (χ1) is 4.91. The van der Waals surface area contributed by atoms with E-state index in [1.54, 1.807) is 5.32 Å². The van der Waals surface area contributed by atoms with Gasteiger partial charge in [0, 0.05) is 0 Å². The van der Waals surface area contributed by atoms with Crippen LogP contribution in [0, 0.1) is 0 Å². The molecule has 5 N–H and O–H groups in total. The minimum Gasteiger partial charge on any atom is -0.747 e. The molecule has 1 rings (SSSR count). The summed E-state index contributed by atoms with van der Waals surface area (Å²) < 4.78 is 30.7. The molecule has 1 unspecified atom stereocenters. The maximum absolute atomic E-state index is 10.5. The quantitative estimate of drug-likeness (QED) is 0.380. The molecule has 0 aromatic carbocycles. The molecule has 1 aliphatic rings. The van der Waals surface area contributed by atoms with E-state index in [4.69, 9.17) is 0 Å². The first-order valence-corrected chi connectivity index (χ1v) is 4.17. The molecule has 8 heteroatoms. The van der Waals surface area contributed by atoms with Crippen LogP contribution in [0.4, 0.5) is 0 Å². The lowest BCUT2D eigenvalue weighted by Crippen LogP contribution is -2.30. The van der Waals surface area contributed by atoms with Crippen molar-refractivity contribution in [2.24, 2.45) is 0 Å². The van der Waals surface area contributed by atoms with Gasteiger partial charge >= 0.3 is 0 Å². The lowest BCUT2D eigenvalue weighted by Gasteiger charge is -2.09. The van der Waals surface area contributed by atoms with Gasteiger partial charge in [0.1, 0.15) is 15.4 Å². The molecule has 0 aromatic rings. The van der Waals surface area contributed by atoms with E-state index in [9.17, 15) is 22.6 Å². The van der Waals surface area contributed by atoms with Crippen molar-refractivity contribution >= 4 is 21.9 Å². The summed E-state index contributed by atoms with van der Waals surface area (Å²) in [6, 6.07) is 0. The second-order valence-electron chi connectivity index (χ2n) is 2.10. The molecular formula is C4H8N2O5S. The van der Waals surface area contributed by atoms with E-state index >= 15 is 0 Å². The third-order valence-corrected chi connectivity index (χ3v) is 2.35. The van der Waals surface area contributed by atoms with Gasteiger partial charge in [-0.05, 0) is 0 Å². The molecule has 0 radical (unpaired) electrons. The van der Waals surface area contributed by atoms with Crippen LogP contribution >= 0.6 is 0 Å². The third-order valence-electron chi connectivity index (χ3n) is 1.27. The van der Waals surface area contributed by atoms with E-state index < -0.39 is 33.6 Å². The van der Waals surface area contributed by atoms with Crippen molar-refractivity contribution in [3.05, 3.63) is 0 Å². The maximum atomic E-state index is 10.5. The molecule has 0 saturated carbocycles. The smallest absolute Gasteiger partial charge is 0.244 e. The number of rotatable bonds is 1. The average Bonchev–Trinajstić information content (AvgIpc) is 2.08. The Morgan fingerprint density at radius 2 is 1.92 bits per heavy atom. The molecule has 1 aliphatic heterocycles. The van der Waals surface area contributed by atoms with E-state index in [0.717, 1.165) is 0 Å². The first kappa shape index (κ1) is 11.0. The Labute approximate surface area is 68.5 Å². The van der Waals surface area contributed by atoms with E-state index in [0.29, 0.717) is 0 Å². The Morgan fingerprint density at radius 1 is 1.42 bits per heavy atom. The Bertz CT molecular complexity index is 307. The largest absolute Gasteiger partial charge is 0.747 e. The van der Waals surface area contributed by atoms with Crippen LogP contribution in [0.25, 0.3) is 0 Å². The van der Waals surface area contributed by atoms with Gasteiger partial charge in [-0.15, -0.1) is 0 Å². The molecule has 2 amide bonds. The van der Waals surface area contributed by atoms with Crippen LogP contribution in [0.15, 0.2) is 0 Å². The zero-order chi connectivity index (χ0) is 8.65. The van der Waals surface area contributed by atoms with E-state index in [1.807, 2.05) is 0 Å². The number of nitrogens with one attached hydrogen (secondary N) is 1. The monoisotopic (exact) mass is 196 g/mol. The molecule has 1 fully saturated rings. The zero-order valence-electron chi connectivity index (χ0n) is 6.23. The molecule has 1 saturated heterocycles. The number of imide groups is 1. The average molecular weight is 196 g/mol. The van der Waals surface area contributed by atoms with Gasteiger partial charge in [-0.1, -0.05) is 0 Å². The molecule has 0 aliphatic carbocycles. The van der Waals surface area contributed by atoms with Gasteiger partial charge in [-0.2, -0.15) is 0 Å². The minimum atomic E-state index is -4.67. The van der Waals surface area contributed by atoms with Crippen LogP contribution in [0.3, 0.4) is 0 Å². The van der Waals surface area contributed by atoms with Gasteiger partial charge in [-0.25, -0.2) is 8.42 Å². The second kappa shape index (κ2) is 3.17. The highest BCUT2D eigenvalue weighted by molar-refractivity contribution is 7.87. The van der Waals surface area contributed by atoms with Crippen LogP contribution in [0.1, 0.15) is 6.42 Å². The van der Waals surface area contributed by atoms with Crippen molar-refractivity contribution in [3.8, 4) is 0 Å². The summed E-state index contributed by atoms with van der Waals surface area (Å²) in [6.07, 6.45) is -0.551. The van der Waals surface area contributed by atoms with Crippen molar-refractivity contribution < 1.29 is 22.6 Å². The Balaban J connectivity index is 0.00000121. The Morgan fingerprint density at radius 3 is 2.08 bits per heavy atom. The van der Waals surface area contributed by atoms with Crippen molar-refractivity contribution in [3.63, 3.8) is 0 Å². The summed E-state index contributed by atoms with van der Waals surface area (Å²) in [4.78, 5) is 20.9. The molecule has 70 valence electrons. The third kappa shape index (κ3) is 2.00. The molecule has 1 heterocycles. The summed E-state index contributed by atoms with van der Waals surface area (Å²) in [6.45, 7) is 0. The number of hydrogen-bond donors (Lipinski definition) is 2. The van der Waals surface area contributed by atoms with Crippen molar-refractivity contribution in [1.29, 1.82) is 0 Å². The molecule has 12 heavy (non-hydrogen) atoms. The highest BCUT2D eigenvalue weighted by atomic mass is 32.2. The fourth-order valence-corrected chi connectivity index (χ4v) is 1.44. The number of amides is 2. The van der Waals surface area contributed by atoms with Crippen LogP contribution in [0.5, 0.6) is 0 Å². The topological polar surface area (TPSA) is 140 Å². The highest BCUT2D eigenvalue weighted by Crippen LogP contribution is 2.09. The number of quaternary nitrogens is 1. The van der Waals surface area contributed by atoms with Gasteiger partial charge in [0.05, 0.1) is 6.42 Å². The molecule has 7 nitrogen and oxygen atoms in total. The summed E-state index contributed by atoms with van der Waals surface area (Å²) >= 11 is 0. The number of hydrogen-bond acceptors (Lipinski definition) is 5. The minimum absolute atomic E-state index is 0. The standard InChI is InChI=1S/C4H5NO5S.H3N/c6-3-1-2(4(7)5-3)11(8,9)10;/h2H,1H2,(H,5,6,7)(H,8,9,10);1H3. The normalized spacial score (nSPS) is 23.2. The van der Waals surface area contributed by atoms with Gasteiger partial charge in [0.2, 0.25) is 11.8 Å². The van der Waals surface area contributed by atoms with Crippen LogP contribution in [-0.2, 0) is 19.7 Å². The first-order valence-electron chi connectivity index (χ1n) is 2.69. The van der Waals surface area contributed by atoms with Gasteiger partial charge in [0.25, 0.3) is 0 Å². The summed E-state index contributed by atoms with van der Waals surface area (Å²) in [5.41, 5.74) is 0. The van der Waals surface area contributed by atoms with E-state index in [-0.39, 0.29) is 6.15 Å². The lowest BCUT2D eigenvalue weighted by molar-refractivity contribution is -0.124. The van der Waals surface area contributed by atoms with Crippen molar-refractivity contribution in [1.82, 2.24) is 11.5 Å². The second-order valence-corrected chi connectivity index (χ2v) is 3.65. The van der Waals surface area contributed by atoms with Crippen molar-refractivity contribution in [2.45, 2.75) is 11.7 Å². The molecule has 0 aromatic heterocycles. The van der Waals surface area contributed by atoms with Crippen LogP contribution < -0.4 is 11.5 Å². The summed E-state index contributed by atoms with van der Waals surface area (Å²) in [5.74, 6) is -1.75. The Kier molecular flexibility index (Phi) is 2.91. The fraction of sp³-hybridized carbons (Fsp3) is 0.500. The summed E-state index contributed by atoms with van der Waals surface area (Å²) in [5, 5.41) is -0.0105. The highest BCUT2D eigenvalue weighted by Gasteiger charge is 2.35. The van der Waals surface area contributed by atoms with Gasteiger partial charge in [-0.3, -0.25) is 14.9 Å². The molecular weight excluding hydrogens is 188 g/mol. The molecule has 0 spiro atoms. The van der Waals surface area contributed by atoms with E-state index in [1.165, 1.54) is 0 Å². The van der Waals surface area contributed by atoms with Gasteiger partial charge < -0.3 is 10.7 Å². The van der Waals surface area contributed by atoms with Crippen LogP contribution in [0.2, 0.25) is 0 Å².